The van der Waals surface area contributed by atoms with Gasteiger partial charge in [-0.2, -0.15) is 0 Å². The van der Waals surface area contributed by atoms with Gasteiger partial charge in [0.05, 0.1) is 18.8 Å². The fraction of sp³-hybridized carbons (Fsp3) is 0.833. The number of carbonyl (C=O) groups excluding carboxylic acids is 2. The fourth-order valence-corrected chi connectivity index (χ4v) is 3.20. The Morgan fingerprint density at radius 2 is 1.43 bits per heavy atom. The molecule has 0 radical (unpaired) electrons. The Labute approximate surface area is 184 Å². The van der Waals surface area contributed by atoms with Crippen molar-refractivity contribution in [1.82, 2.24) is 10.2 Å². The number of aliphatic hydroxyl groups is 2. The maximum Gasteiger partial charge on any atom is 0.227 e. The van der Waals surface area contributed by atoms with E-state index < -0.39 is 12.2 Å². The molecule has 2 amide bonds. The van der Waals surface area contributed by atoms with Crippen LogP contribution >= 0.6 is 0 Å². The highest BCUT2D eigenvalue weighted by Gasteiger charge is 2.15. The highest BCUT2D eigenvalue weighted by Crippen LogP contribution is 2.11. The lowest BCUT2D eigenvalue weighted by atomic mass is 10.1. The largest absolute Gasteiger partial charge is 0.392 e. The third-order valence-corrected chi connectivity index (χ3v) is 4.95. The monoisotopic (exact) mass is 426 g/mol. The van der Waals surface area contributed by atoms with E-state index in [2.05, 4.69) is 12.2 Å². The summed E-state index contributed by atoms with van der Waals surface area (Å²) in [4.78, 5) is 25.6. The minimum atomic E-state index is -0.625. The zero-order chi connectivity index (χ0) is 22.6. The molecule has 0 aromatic rings. The number of unbranched alkanes of at least 4 members (excludes halogenated alkanes) is 10. The van der Waals surface area contributed by atoms with Gasteiger partial charge in [-0.15, -0.1) is 0 Å². The summed E-state index contributed by atoms with van der Waals surface area (Å²) in [6.07, 6.45) is 16.5. The van der Waals surface area contributed by atoms with Gasteiger partial charge in [0.2, 0.25) is 11.8 Å². The summed E-state index contributed by atoms with van der Waals surface area (Å²) in [5.41, 5.74) is 0. The molecule has 0 aliphatic heterocycles. The molecule has 0 aliphatic carbocycles. The van der Waals surface area contributed by atoms with Crippen molar-refractivity contribution in [3.63, 3.8) is 0 Å². The zero-order valence-electron chi connectivity index (χ0n) is 19.6. The minimum Gasteiger partial charge on any atom is -0.392 e. The molecule has 6 nitrogen and oxygen atoms in total. The number of nitrogens with one attached hydrogen (secondary N) is 1. The summed E-state index contributed by atoms with van der Waals surface area (Å²) in [7, 11) is 0. The van der Waals surface area contributed by atoms with Crippen molar-refractivity contribution in [2.75, 3.05) is 13.1 Å². The van der Waals surface area contributed by atoms with Crippen molar-refractivity contribution in [3.05, 3.63) is 12.3 Å². The van der Waals surface area contributed by atoms with Crippen LogP contribution in [0, 0.1) is 0 Å². The Balaban J connectivity index is 4.02. The van der Waals surface area contributed by atoms with Gasteiger partial charge in [-0.1, -0.05) is 70.8 Å². The van der Waals surface area contributed by atoms with E-state index in [9.17, 15) is 19.8 Å². The number of amides is 2. The van der Waals surface area contributed by atoms with E-state index in [-0.39, 0.29) is 37.7 Å². The first kappa shape index (κ1) is 28.6. The molecule has 6 heteroatoms. The molecule has 176 valence electrons. The van der Waals surface area contributed by atoms with E-state index in [1.807, 2.05) is 6.08 Å². The average molecular weight is 427 g/mol. The van der Waals surface area contributed by atoms with Crippen LogP contribution in [-0.2, 0) is 9.59 Å². The minimum absolute atomic E-state index is 0.0775. The Morgan fingerprint density at radius 3 is 1.97 bits per heavy atom. The van der Waals surface area contributed by atoms with Crippen LogP contribution in [0.2, 0.25) is 0 Å². The van der Waals surface area contributed by atoms with Gasteiger partial charge in [0, 0.05) is 25.6 Å². The van der Waals surface area contributed by atoms with Crippen LogP contribution in [0.1, 0.15) is 104 Å². The number of rotatable bonds is 19. The van der Waals surface area contributed by atoms with Crippen molar-refractivity contribution in [1.29, 1.82) is 0 Å². The highest BCUT2D eigenvalue weighted by molar-refractivity contribution is 5.84. The topological polar surface area (TPSA) is 89.9 Å². The number of allylic oxidation sites excluding steroid dienone is 1. The average Bonchev–Trinajstić information content (AvgIpc) is 2.70. The first-order chi connectivity index (χ1) is 14.4. The lowest BCUT2D eigenvalue weighted by molar-refractivity contribution is -0.132. The van der Waals surface area contributed by atoms with E-state index in [0.29, 0.717) is 0 Å². The van der Waals surface area contributed by atoms with Crippen molar-refractivity contribution in [2.45, 2.75) is 116 Å². The van der Waals surface area contributed by atoms with Crippen molar-refractivity contribution in [3.8, 4) is 0 Å². The van der Waals surface area contributed by atoms with Gasteiger partial charge in [-0.05, 0) is 26.7 Å². The second kappa shape index (κ2) is 19.6. The van der Waals surface area contributed by atoms with Crippen molar-refractivity contribution < 1.29 is 19.8 Å². The number of hydrogen-bond donors (Lipinski definition) is 3. The molecule has 0 rings (SSSR count). The molecular formula is C24H46N2O4. The molecule has 0 saturated carbocycles. The summed E-state index contributed by atoms with van der Waals surface area (Å²) < 4.78 is 0. The summed E-state index contributed by atoms with van der Waals surface area (Å²) >= 11 is 0. The van der Waals surface area contributed by atoms with Crippen LogP contribution < -0.4 is 5.32 Å². The molecule has 0 bridgehead atoms. The molecule has 2 atom stereocenters. The van der Waals surface area contributed by atoms with Gasteiger partial charge >= 0.3 is 0 Å². The van der Waals surface area contributed by atoms with Crippen LogP contribution in [0.5, 0.6) is 0 Å². The van der Waals surface area contributed by atoms with Crippen LogP contribution in [0.3, 0.4) is 0 Å². The quantitative estimate of drug-likeness (QED) is 0.269. The number of nitrogens with zero attached hydrogens (tertiary/aromatic N) is 1. The maximum atomic E-state index is 12.4. The third kappa shape index (κ3) is 18.6. The summed E-state index contributed by atoms with van der Waals surface area (Å²) in [6.45, 7) is 5.89. The second-order valence-electron chi connectivity index (χ2n) is 8.40. The van der Waals surface area contributed by atoms with Gasteiger partial charge in [0.25, 0.3) is 0 Å². The van der Waals surface area contributed by atoms with Crippen molar-refractivity contribution in [2.24, 2.45) is 0 Å². The third-order valence-electron chi connectivity index (χ3n) is 4.95. The molecule has 0 aromatic carbocycles. The zero-order valence-corrected chi connectivity index (χ0v) is 19.6. The molecule has 0 heterocycles. The summed E-state index contributed by atoms with van der Waals surface area (Å²) in [6, 6.07) is 0. The van der Waals surface area contributed by atoms with Gasteiger partial charge in [0.1, 0.15) is 0 Å². The molecule has 0 spiro atoms. The SMILES string of the molecule is CCCCCCCCCCCCC=CN(CC(C)O)C(=O)CCC(=O)NCC(C)O. The first-order valence-corrected chi connectivity index (χ1v) is 12.0. The smallest absolute Gasteiger partial charge is 0.227 e. The lowest BCUT2D eigenvalue weighted by Gasteiger charge is -2.20. The normalized spacial score (nSPS) is 13.4. The molecule has 30 heavy (non-hydrogen) atoms. The fourth-order valence-electron chi connectivity index (χ4n) is 3.20. The molecule has 0 fully saturated rings. The second-order valence-corrected chi connectivity index (χ2v) is 8.40. The molecule has 0 saturated heterocycles. The van der Waals surface area contributed by atoms with Crippen LogP contribution in [0.15, 0.2) is 12.3 Å². The van der Waals surface area contributed by atoms with Gasteiger partial charge in [-0.25, -0.2) is 0 Å². The predicted octanol–water partition coefficient (Wildman–Crippen LogP) is 4.30. The standard InChI is InChI=1S/C24H46N2O4/c1-4-5-6-7-8-9-10-11-12-13-14-15-18-26(20-22(3)28)24(30)17-16-23(29)25-19-21(2)27/h15,18,21-22,27-28H,4-14,16-17,19-20H2,1-3H3,(H,25,29). The summed E-state index contributed by atoms with van der Waals surface area (Å²) in [5.74, 6) is -0.432. The Bertz CT molecular complexity index is 464. The van der Waals surface area contributed by atoms with E-state index in [0.717, 1.165) is 12.8 Å². The summed E-state index contributed by atoms with van der Waals surface area (Å²) in [5, 5.41) is 21.4. The van der Waals surface area contributed by atoms with Gasteiger partial charge in [0.15, 0.2) is 0 Å². The van der Waals surface area contributed by atoms with E-state index in [1.54, 1.807) is 20.0 Å². The molecule has 0 aliphatic rings. The lowest BCUT2D eigenvalue weighted by Crippen LogP contribution is -2.34. The maximum absolute atomic E-state index is 12.4. The molecular weight excluding hydrogens is 380 g/mol. The number of aliphatic hydroxyl groups excluding tert-OH is 2. The van der Waals surface area contributed by atoms with Gasteiger partial charge in [-0.3, -0.25) is 9.59 Å². The van der Waals surface area contributed by atoms with E-state index in [1.165, 1.54) is 62.7 Å². The van der Waals surface area contributed by atoms with Crippen molar-refractivity contribution >= 4 is 11.8 Å². The Kier molecular flexibility index (Phi) is 18.6. The Morgan fingerprint density at radius 1 is 0.867 bits per heavy atom. The van der Waals surface area contributed by atoms with E-state index >= 15 is 0 Å². The number of carbonyl (C=O) groups is 2. The van der Waals surface area contributed by atoms with Crippen LogP contribution in [0.25, 0.3) is 0 Å². The van der Waals surface area contributed by atoms with Gasteiger partial charge < -0.3 is 20.4 Å². The van der Waals surface area contributed by atoms with Crippen LogP contribution in [-0.4, -0.2) is 52.2 Å². The Hall–Kier alpha value is -1.40. The predicted molar refractivity (Wildman–Crippen MR) is 123 cm³/mol. The van der Waals surface area contributed by atoms with E-state index in [4.69, 9.17) is 0 Å². The highest BCUT2D eigenvalue weighted by atomic mass is 16.3. The molecule has 3 N–H and O–H groups in total. The van der Waals surface area contributed by atoms with Crippen LogP contribution in [0.4, 0.5) is 0 Å². The first-order valence-electron chi connectivity index (χ1n) is 12.0. The molecule has 0 aromatic heterocycles. The number of hydrogen-bond acceptors (Lipinski definition) is 4. The molecule has 2 unspecified atom stereocenters.